The molecule has 0 unspecified atom stereocenters. The molecule has 0 radical (unpaired) electrons. The Bertz CT molecular complexity index is 849. The number of benzene rings is 2. The van der Waals surface area contributed by atoms with E-state index in [-0.39, 0.29) is 16.8 Å². The van der Waals surface area contributed by atoms with E-state index in [2.05, 4.69) is 20.7 Å². The SMILES string of the molecule is CC(C)NS(=O)(=O)c1cccc(C(=O)N(C)Cc2ccc(Br)cc2)c1. The zero-order valence-electron chi connectivity index (χ0n) is 14.4. The van der Waals surface area contributed by atoms with E-state index in [1.165, 1.54) is 12.1 Å². The highest BCUT2D eigenvalue weighted by Crippen LogP contribution is 2.16. The molecule has 0 aliphatic heterocycles. The lowest BCUT2D eigenvalue weighted by molar-refractivity contribution is 0.0785. The summed E-state index contributed by atoms with van der Waals surface area (Å²) in [7, 11) is -1.94. The summed E-state index contributed by atoms with van der Waals surface area (Å²) in [4.78, 5) is 14.3. The lowest BCUT2D eigenvalue weighted by Gasteiger charge is -2.18. The number of sulfonamides is 1. The van der Waals surface area contributed by atoms with Crippen molar-refractivity contribution in [1.82, 2.24) is 9.62 Å². The van der Waals surface area contributed by atoms with Gasteiger partial charge in [-0.2, -0.15) is 0 Å². The first kappa shape index (κ1) is 19.6. The number of hydrogen-bond donors (Lipinski definition) is 1. The van der Waals surface area contributed by atoms with Crippen LogP contribution >= 0.6 is 15.9 Å². The molecule has 25 heavy (non-hydrogen) atoms. The molecule has 0 heterocycles. The van der Waals surface area contributed by atoms with Crippen molar-refractivity contribution >= 4 is 31.9 Å². The molecule has 1 amide bonds. The molecule has 0 spiro atoms. The lowest BCUT2D eigenvalue weighted by Crippen LogP contribution is -2.31. The number of halogens is 1. The van der Waals surface area contributed by atoms with Crippen molar-refractivity contribution in [3.8, 4) is 0 Å². The van der Waals surface area contributed by atoms with Crippen LogP contribution in [-0.2, 0) is 16.6 Å². The number of rotatable bonds is 6. The van der Waals surface area contributed by atoms with Crippen molar-refractivity contribution in [3.05, 3.63) is 64.1 Å². The summed E-state index contributed by atoms with van der Waals surface area (Å²) in [5, 5.41) is 0. The highest BCUT2D eigenvalue weighted by Gasteiger charge is 2.19. The standard InChI is InChI=1S/C18H21BrN2O3S/c1-13(2)20-25(23,24)17-6-4-5-15(11-17)18(22)21(3)12-14-7-9-16(19)10-8-14/h4-11,13,20H,12H2,1-3H3. The molecule has 0 aliphatic rings. The quantitative estimate of drug-likeness (QED) is 0.772. The molecule has 0 bridgehead atoms. The summed E-state index contributed by atoms with van der Waals surface area (Å²) in [5.74, 6) is -0.232. The average Bonchev–Trinajstić information content (AvgIpc) is 2.55. The topological polar surface area (TPSA) is 66.5 Å². The fourth-order valence-corrected chi connectivity index (χ4v) is 3.89. The third-order valence-electron chi connectivity index (χ3n) is 3.46. The molecule has 0 saturated heterocycles. The average molecular weight is 425 g/mol. The van der Waals surface area contributed by atoms with Gasteiger partial charge in [0.25, 0.3) is 5.91 Å². The van der Waals surface area contributed by atoms with Crippen molar-refractivity contribution in [2.45, 2.75) is 31.3 Å². The molecule has 7 heteroatoms. The normalized spacial score (nSPS) is 11.6. The highest BCUT2D eigenvalue weighted by atomic mass is 79.9. The van der Waals surface area contributed by atoms with Crippen molar-refractivity contribution in [2.75, 3.05) is 7.05 Å². The molecule has 2 aromatic carbocycles. The first-order valence-electron chi connectivity index (χ1n) is 7.81. The van der Waals surface area contributed by atoms with Gasteiger partial charge in [-0.1, -0.05) is 34.1 Å². The van der Waals surface area contributed by atoms with Crippen LogP contribution in [0.2, 0.25) is 0 Å². The van der Waals surface area contributed by atoms with E-state index >= 15 is 0 Å². The fraction of sp³-hybridized carbons (Fsp3) is 0.278. The molecular formula is C18H21BrN2O3S. The van der Waals surface area contributed by atoms with Gasteiger partial charge >= 0.3 is 0 Å². The minimum absolute atomic E-state index is 0.0871. The third-order valence-corrected chi connectivity index (χ3v) is 5.65. The predicted molar refractivity (Wildman–Crippen MR) is 102 cm³/mol. The van der Waals surface area contributed by atoms with Crippen LogP contribution in [0.25, 0.3) is 0 Å². The molecular weight excluding hydrogens is 404 g/mol. The van der Waals surface area contributed by atoms with Gasteiger partial charge in [0.05, 0.1) is 4.90 Å². The number of hydrogen-bond acceptors (Lipinski definition) is 3. The van der Waals surface area contributed by atoms with Crippen LogP contribution in [0.15, 0.2) is 57.9 Å². The van der Waals surface area contributed by atoms with Gasteiger partial charge in [-0.05, 0) is 49.7 Å². The van der Waals surface area contributed by atoms with Gasteiger partial charge in [0.2, 0.25) is 10.0 Å². The molecule has 1 N–H and O–H groups in total. The number of amides is 1. The summed E-state index contributed by atoms with van der Waals surface area (Å²) in [5.41, 5.74) is 1.33. The Morgan fingerprint density at radius 3 is 2.40 bits per heavy atom. The minimum atomic E-state index is -3.63. The van der Waals surface area contributed by atoms with Gasteiger partial charge in [-0.15, -0.1) is 0 Å². The maximum Gasteiger partial charge on any atom is 0.253 e. The second kappa shape index (κ2) is 8.12. The summed E-state index contributed by atoms with van der Waals surface area (Å²) in [6, 6.07) is 13.6. The molecule has 2 aromatic rings. The van der Waals surface area contributed by atoms with E-state index in [4.69, 9.17) is 0 Å². The minimum Gasteiger partial charge on any atom is -0.337 e. The molecule has 5 nitrogen and oxygen atoms in total. The Hall–Kier alpha value is -1.70. The summed E-state index contributed by atoms with van der Waals surface area (Å²) < 4.78 is 28.0. The van der Waals surface area contributed by atoms with Crippen LogP contribution in [0.1, 0.15) is 29.8 Å². The van der Waals surface area contributed by atoms with Gasteiger partial charge in [0, 0.05) is 29.7 Å². The van der Waals surface area contributed by atoms with Gasteiger partial charge in [0.1, 0.15) is 0 Å². The molecule has 0 aromatic heterocycles. The fourth-order valence-electron chi connectivity index (χ4n) is 2.33. The molecule has 0 saturated carbocycles. The van der Waals surface area contributed by atoms with Crippen molar-refractivity contribution in [3.63, 3.8) is 0 Å². The number of carbonyl (C=O) groups excluding carboxylic acids is 1. The van der Waals surface area contributed by atoms with Crippen LogP contribution in [0, 0.1) is 0 Å². The van der Waals surface area contributed by atoms with Crippen LogP contribution < -0.4 is 4.72 Å². The van der Waals surface area contributed by atoms with E-state index < -0.39 is 10.0 Å². The van der Waals surface area contributed by atoms with Gasteiger partial charge < -0.3 is 4.90 Å². The second-order valence-corrected chi connectivity index (χ2v) is 8.72. The third kappa shape index (κ3) is 5.39. The Morgan fingerprint density at radius 1 is 1.16 bits per heavy atom. The maximum atomic E-state index is 12.6. The second-order valence-electron chi connectivity index (χ2n) is 6.09. The Morgan fingerprint density at radius 2 is 1.80 bits per heavy atom. The first-order valence-corrected chi connectivity index (χ1v) is 10.1. The molecule has 134 valence electrons. The van der Waals surface area contributed by atoms with Crippen molar-refractivity contribution in [2.24, 2.45) is 0 Å². The zero-order valence-corrected chi connectivity index (χ0v) is 16.8. The zero-order chi connectivity index (χ0) is 18.6. The molecule has 0 fully saturated rings. The van der Waals surface area contributed by atoms with Gasteiger partial charge in [0.15, 0.2) is 0 Å². The summed E-state index contributed by atoms with van der Waals surface area (Å²) in [6.45, 7) is 3.93. The maximum absolute atomic E-state index is 12.6. The highest BCUT2D eigenvalue weighted by molar-refractivity contribution is 9.10. The lowest BCUT2D eigenvalue weighted by atomic mass is 10.1. The Labute approximate surface area is 157 Å². The van der Waals surface area contributed by atoms with E-state index in [0.717, 1.165) is 10.0 Å². The van der Waals surface area contributed by atoms with E-state index in [1.807, 2.05) is 24.3 Å². The number of carbonyl (C=O) groups is 1. The number of nitrogens with zero attached hydrogens (tertiary/aromatic N) is 1. The predicted octanol–water partition coefficient (Wildman–Crippen LogP) is 3.41. The van der Waals surface area contributed by atoms with E-state index in [0.29, 0.717) is 12.1 Å². The van der Waals surface area contributed by atoms with E-state index in [9.17, 15) is 13.2 Å². The van der Waals surface area contributed by atoms with Gasteiger partial charge in [-0.3, -0.25) is 4.79 Å². The largest absolute Gasteiger partial charge is 0.337 e. The Kier molecular flexibility index (Phi) is 6.37. The molecule has 0 aliphatic carbocycles. The smallest absolute Gasteiger partial charge is 0.253 e. The molecule has 2 rings (SSSR count). The molecule has 0 atom stereocenters. The Balaban J connectivity index is 2.19. The first-order chi connectivity index (χ1) is 11.7. The monoisotopic (exact) mass is 424 g/mol. The van der Waals surface area contributed by atoms with Gasteiger partial charge in [-0.25, -0.2) is 13.1 Å². The van der Waals surface area contributed by atoms with E-state index in [1.54, 1.807) is 37.9 Å². The summed E-state index contributed by atoms with van der Waals surface area (Å²) >= 11 is 3.38. The summed E-state index contributed by atoms with van der Waals surface area (Å²) in [6.07, 6.45) is 0. The van der Waals surface area contributed by atoms with Crippen LogP contribution in [0.5, 0.6) is 0 Å². The van der Waals surface area contributed by atoms with Crippen LogP contribution in [0.3, 0.4) is 0 Å². The van der Waals surface area contributed by atoms with Crippen LogP contribution in [-0.4, -0.2) is 32.3 Å². The van der Waals surface area contributed by atoms with Crippen molar-refractivity contribution < 1.29 is 13.2 Å². The van der Waals surface area contributed by atoms with Crippen LogP contribution in [0.4, 0.5) is 0 Å². The number of nitrogens with one attached hydrogen (secondary N) is 1. The van der Waals surface area contributed by atoms with Crippen molar-refractivity contribution in [1.29, 1.82) is 0 Å².